The third-order valence-electron chi connectivity index (χ3n) is 2.22. The topological polar surface area (TPSA) is 34.1 Å². The van der Waals surface area contributed by atoms with E-state index in [-0.39, 0.29) is 4.90 Å². The number of benzene rings is 1. The molecule has 0 saturated heterocycles. The second-order valence-corrected chi connectivity index (χ2v) is 4.42. The van der Waals surface area contributed by atoms with Crippen LogP contribution in [-0.4, -0.2) is 8.42 Å². The van der Waals surface area contributed by atoms with Crippen molar-refractivity contribution in [2.45, 2.75) is 31.6 Å². The van der Waals surface area contributed by atoms with Crippen LogP contribution in [0.2, 0.25) is 0 Å². The van der Waals surface area contributed by atoms with Crippen molar-refractivity contribution < 1.29 is 12.3 Å². The molecule has 78 valence electrons. The number of rotatable bonds is 3. The largest absolute Gasteiger partial charge is 0.332 e. The molecule has 0 amide bonds. The van der Waals surface area contributed by atoms with Crippen LogP contribution in [0, 0.1) is 0 Å². The molecule has 1 aromatic carbocycles. The van der Waals surface area contributed by atoms with Gasteiger partial charge in [-0.25, -0.2) is 0 Å². The van der Waals surface area contributed by atoms with Crippen LogP contribution in [0.5, 0.6) is 0 Å². The predicted octanol–water partition coefficient (Wildman–Crippen LogP) is 2.47. The fourth-order valence-electron chi connectivity index (χ4n) is 1.43. The maximum Gasteiger partial charge on any atom is 0.332 e. The Morgan fingerprint density at radius 2 is 1.71 bits per heavy atom. The first-order chi connectivity index (χ1) is 6.49. The zero-order valence-corrected chi connectivity index (χ0v) is 9.07. The predicted molar refractivity (Wildman–Crippen MR) is 53.5 cm³/mol. The van der Waals surface area contributed by atoms with E-state index >= 15 is 0 Å². The van der Waals surface area contributed by atoms with Crippen LogP contribution in [0.25, 0.3) is 0 Å². The summed E-state index contributed by atoms with van der Waals surface area (Å²) < 4.78 is 33.9. The Bertz CT molecular complexity index is 424. The van der Waals surface area contributed by atoms with E-state index in [0.29, 0.717) is 6.42 Å². The van der Waals surface area contributed by atoms with Gasteiger partial charge in [-0.05, 0) is 36.1 Å². The summed E-state index contributed by atoms with van der Waals surface area (Å²) in [6, 6.07) is 4.40. The van der Waals surface area contributed by atoms with Crippen LogP contribution in [0.15, 0.2) is 23.1 Å². The average molecular weight is 216 g/mol. The van der Waals surface area contributed by atoms with Crippen molar-refractivity contribution in [3.8, 4) is 0 Å². The monoisotopic (exact) mass is 216 g/mol. The van der Waals surface area contributed by atoms with Crippen LogP contribution in [0.4, 0.5) is 3.89 Å². The number of hydrogen-bond donors (Lipinski definition) is 0. The van der Waals surface area contributed by atoms with E-state index in [1.807, 2.05) is 13.8 Å². The van der Waals surface area contributed by atoms with Crippen LogP contribution in [0.3, 0.4) is 0 Å². The zero-order valence-electron chi connectivity index (χ0n) is 8.25. The highest BCUT2D eigenvalue weighted by Crippen LogP contribution is 2.18. The number of hydrogen-bond acceptors (Lipinski definition) is 2. The van der Waals surface area contributed by atoms with Gasteiger partial charge in [-0.1, -0.05) is 19.9 Å². The lowest BCUT2D eigenvalue weighted by molar-refractivity contribution is 0.552. The molecule has 0 bridgehead atoms. The second kappa shape index (κ2) is 4.09. The molecule has 0 aliphatic rings. The average Bonchev–Trinajstić information content (AvgIpc) is 2.15. The molecule has 0 atom stereocenters. The summed E-state index contributed by atoms with van der Waals surface area (Å²) >= 11 is 0. The third-order valence-corrected chi connectivity index (χ3v) is 3.04. The maximum atomic E-state index is 12.6. The summed E-state index contributed by atoms with van der Waals surface area (Å²) in [5.41, 5.74) is 1.96. The van der Waals surface area contributed by atoms with Crippen LogP contribution < -0.4 is 0 Å². The van der Waals surface area contributed by atoms with Gasteiger partial charge in [0.1, 0.15) is 0 Å². The van der Waals surface area contributed by atoms with Gasteiger partial charge in [0.15, 0.2) is 0 Å². The Kier molecular flexibility index (Phi) is 3.26. The third kappa shape index (κ3) is 2.32. The quantitative estimate of drug-likeness (QED) is 0.727. The van der Waals surface area contributed by atoms with Gasteiger partial charge in [-0.3, -0.25) is 0 Å². The standard InChI is InChI=1S/C10H13FO2S/c1-3-8-5-6-10(14(11,12)13)7-9(8)4-2/h5-7H,3-4H2,1-2H3. The van der Waals surface area contributed by atoms with Gasteiger partial charge in [0.05, 0.1) is 4.90 Å². The summed E-state index contributed by atoms with van der Waals surface area (Å²) in [5.74, 6) is 0. The highest BCUT2D eigenvalue weighted by atomic mass is 32.3. The molecule has 0 aliphatic heterocycles. The lowest BCUT2D eigenvalue weighted by atomic mass is 10.0. The Balaban J connectivity index is 3.28. The van der Waals surface area contributed by atoms with Gasteiger partial charge in [0, 0.05) is 0 Å². The molecule has 0 unspecified atom stereocenters. The van der Waals surface area contributed by atoms with Gasteiger partial charge in [0.2, 0.25) is 0 Å². The lowest BCUT2D eigenvalue weighted by Crippen LogP contribution is -1.97. The zero-order chi connectivity index (χ0) is 10.8. The Hall–Kier alpha value is -0.900. The molecular formula is C10H13FO2S. The molecule has 4 heteroatoms. The Morgan fingerprint density at radius 3 is 2.14 bits per heavy atom. The number of halogens is 1. The van der Waals surface area contributed by atoms with E-state index in [1.165, 1.54) is 12.1 Å². The first-order valence-electron chi connectivity index (χ1n) is 4.55. The summed E-state index contributed by atoms with van der Waals surface area (Å²) in [4.78, 5) is -0.244. The lowest BCUT2D eigenvalue weighted by Gasteiger charge is -2.06. The van der Waals surface area contributed by atoms with Crippen LogP contribution in [0.1, 0.15) is 25.0 Å². The first kappa shape index (κ1) is 11.2. The van der Waals surface area contributed by atoms with Gasteiger partial charge >= 0.3 is 10.2 Å². The van der Waals surface area contributed by atoms with E-state index in [0.717, 1.165) is 17.5 Å². The fraction of sp³-hybridized carbons (Fsp3) is 0.400. The van der Waals surface area contributed by atoms with E-state index in [1.54, 1.807) is 6.07 Å². The molecule has 0 N–H and O–H groups in total. The molecule has 0 heterocycles. The van der Waals surface area contributed by atoms with Crippen molar-refractivity contribution in [2.75, 3.05) is 0 Å². The summed E-state index contributed by atoms with van der Waals surface area (Å²) in [5, 5.41) is 0. The van der Waals surface area contributed by atoms with E-state index < -0.39 is 10.2 Å². The molecule has 0 spiro atoms. The minimum Gasteiger partial charge on any atom is -0.189 e. The van der Waals surface area contributed by atoms with E-state index in [2.05, 4.69) is 0 Å². The van der Waals surface area contributed by atoms with Crippen molar-refractivity contribution in [3.05, 3.63) is 29.3 Å². The normalized spacial score (nSPS) is 11.6. The Labute approximate surface area is 84.0 Å². The van der Waals surface area contributed by atoms with Crippen LogP contribution >= 0.6 is 0 Å². The molecule has 0 saturated carbocycles. The molecule has 0 aliphatic carbocycles. The highest BCUT2D eigenvalue weighted by Gasteiger charge is 2.13. The van der Waals surface area contributed by atoms with Crippen molar-refractivity contribution in [1.82, 2.24) is 0 Å². The van der Waals surface area contributed by atoms with E-state index in [9.17, 15) is 12.3 Å². The molecule has 0 radical (unpaired) electrons. The highest BCUT2D eigenvalue weighted by molar-refractivity contribution is 7.86. The van der Waals surface area contributed by atoms with Crippen LogP contribution in [-0.2, 0) is 23.1 Å². The molecule has 1 rings (SSSR count). The van der Waals surface area contributed by atoms with E-state index in [4.69, 9.17) is 0 Å². The fourth-order valence-corrected chi connectivity index (χ4v) is 1.94. The minimum atomic E-state index is -4.56. The number of aryl methyl sites for hydroxylation is 2. The SMILES string of the molecule is CCc1ccc(S(=O)(=O)F)cc1CC. The smallest absolute Gasteiger partial charge is 0.189 e. The summed E-state index contributed by atoms with van der Waals surface area (Å²) in [6.07, 6.45) is 1.54. The van der Waals surface area contributed by atoms with Crippen molar-refractivity contribution in [3.63, 3.8) is 0 Å². The molecule has 1 aromatic rings. The Morgan fingerprint density at radius 1 is 1.14 bits per heavy atom. The summed E-state index contributed by atoms with van der Waals surface area (Å²) in [6.45, 7) is 3.90. The second-order valence-electron chi connectivity index (χ2n) is 3.08. The molecule has 0 aromatic heterocycles. The molecular weight excluding hydrogens is 203 g/mol. The molecule has 0 fully saturated rings. The van der Waals surface area contributed by atoms with Crippen molar-refractivity contribution in [1.29, 1.82) is 0 Å². The van der Waals surface area contributed by atoms with Crippen molar-refractivity contribution >= 4 is 10.2 Å². The maximum absolute atomic E-state index is 12.6. The van der Waals surface area contributed by atoms with Gasteiger partial charge in [-0.15, -0.1) is 3.89 Å². The van der Waals surface area contributed by atoms with Gasteiger partial charge in [0.25, 0.3) is 0 Å². The first-order valence-corrected chi connectivity index (χ1v) is 5.93. The van der Waals surface area contributed by atoms with Gasteiger partial charge in [-0.2, -0.15) is 8.42 Å². The minimum absolute atomic E-state index is 0.244. The molecule has 14 heavy (non-hydrogen) atoms. The van der Waals surface area contributed by atoms with Gasteiger partial charge < -0.3 is 0 Å². The molecule has 2 nitrogen and oxygen atoms in total. The van der Waals surface area contributed by atoms with Crippen molar-refractivity contribution in [2.24, 2.45) is 0 Å². The summed E-state index contributed by atoms with van der Waals surface area (Å²) in [7, 11) is -4.56.